The molecule has 103 heavy (non-hydrogen) atoms. The van der Waals surface area contributed by atoms with Crippen LogP contribution in [0.4, 0.5) is 0 Å². The van der Waals surface area contributed by atoms with Crippen molar-refractivity contribution < 1.29 is 4.42 Å². The van der Waals surface area contributed by atoms with Gasteiger partial charge in [-0.25, -0.2) is 0 Å². The van der Waals surface area contributed by atoms with Crippen LogP contribution in [0.2, 0.25) is 0 Å². The molecule has 2 aliphatic rings. The van der Waals surface area contributed by atoms with Crippen LogP contribution in [0.3, 0.4) is 0 Å². The Bertz CT molecular complexity index is 6580. The van der Waals surface area contributed by atoms with Crippen molar-refractivity contribution in [2.24, 2.45) is 0 Å². The van der Waals surface area contributed by atoms with Gasteiger partial charge in [0.1, 0.15) is 11.2 Å². The first-order chi connectivity index (χ1) is 50.7. The zero-order valence-corrected chi connectivity index (χ0v) is 57.9. The van der Waals surface area contributed by atoms with Crippen LogP contribution in [0.25, 0.3) is 187 Å². The molecule has 1 heteroatoms. The average molecular weight is 1310 g/mol. The zero-order chi connectivity index (χ0) is 68.7. The fourth-order valence-electron chi connectivity index (χ4n) is 18.3. The summed E-state index contributed by atoms with van der Waals surface area (Å²) >= 11 is 0. The molecule has 0 saturated carbocycles. The van der Waals surface area contributed by atoms with Gasteiger partial charge in [0.25, 0.3) is 0 Å². The number of furan rings is 1. The summed E-state index contributed by atoms with van der Waals surface area (Å²) in [4.78, 5) is 0. The average Bonchev–Trinajstić information content (AvgIpc) is 1.68. The van der Waals surface area contributed by atoms with Crippen molar-refractivity contribution in [3.8, 4) is 100 Å². The minimum Gasteiger partial charge on any atom is -0.455 e. The molecule has 0 amide bonds. The second-order valence-corrected chi connectivity index (χ2v) is 29.2. The molecule has 484 valence electrons. The maximum Gasteiger partial charge on any atom is 0.143 e. The van der Waals surface area contributed by atoms with Crippen LogP contribution in [0, 0.1) is 0 Å². The monoisotopic (exact) mass is 1310 g/mol. The topological polar surface area (TPSA) is 13.1 Å². The van der Waals surface area contributed by atoms with Crippen LogP contribution in [-0.4, -0.2) is 0 Å². The van der Waals surface area contributed by atoms with E-state index < -0.39 is 0 Å². The van der Waals surface area contributed by atoms with Gasteiger partial charge in [0.2, 0.25) is 0 Å². The predicted octanol–water partition coefficient (Wildman–Crippen LogP) is 28.5. The second-order valence-electron chi connectivity index (χ2n) is 29.2. The molecule has 0 radical (unpaired) electrons. The normalized spacial score (nSPS) is 13.2. The van der Waals surface area contributed by atoms with Gasteiger partial charge in [-0.05, 0) is 188 Å². The van der Waals surface area contributed by atoms with Crippen molar-refractivity contribution in [2.45, 2.75) is 38.5 Å². The first-order valence-corrected chi connectivity index (χ1v) is 36.1. The van der Waals surface area contributed by atoms with Gasteiger partial charge in [0, 0.05) is 32.7 Å². The van der Waals surface area contributed by atoms with E-state index in [1.165, 1.54) is 181 Å². The molecular weight excluding hydrogens is 1240 g/mol. The lowest BCUT2D eigenvalue weighted by Gasteiger charge is -2.25. The lowest BCUT2D eigenvalue weighted by molar-refractivity contribution is 0.662. The second kappa shape index (κ2) is 23.5. The van der Waals surface area contributed by atoms with Crippen LogP contribution < -0.4 is 0 Å². The first kappa shape index (κ1) is 60.3. The van der Waals surface area contributed by atoms with E-state index in [1.54, 1.807) is 0 Å². The predicted molar refractivity (Wildman–Crippen MR) is 438 cm³/mol. The van der Waals surface area contributed by atoms with Gasteiger partial charge in [0.15, 0.2) is 0 Å². The van der Waals surface area contributed by atoms with Crippen LogP contribution >= 0.6 is 0 Å². The molecule has 2 aliphatic carbocycles. The molecular formula is C102H70O. The quantitative estimate of drug-likeness (QED) is 0.145. The van der Waals surface area contributed by atoms with Gasteiger partial charge in [-0.2, -0.15) is 0 Å². The maximum absolute atomic E-state index is 6.59. The molecule has 0 saturated heterocycles. The summed E-state index contributed by atoms with van der Waals surface area (Å²) in [6.07, 6.45) is 0. The van der Waals surface area contributed by atoms with E-state index in [4.69, 9.17) is 4.42 Å². The smallest absolute Gasteiger partial charge is 0.143 e. The molecule has 0 N–H and O–H groups in total. The molecule has 0 bridgehead atoms. The van der Waals surface area contributed by atoms with E-state index >= 15 is 0 Å². The Morgan fingerprint density at radius 2 is 0.524 bits per heavy atom. The van der Waals surface area contributed by atoms with Gasteiger partial charge in [-0.1, -0.05) is 367 Å². The fourth-order valence-corrected chi connectivity index (χ4v) is 18.3. The fraction of sp³-hybridized carbons (Fsp3) is 0.0588. The largest absolute Gasteiger partial charge is 0.455 e. The Balaban J connectivity index is 0.000000138. The molecule has 1 aromatic heterocycles. The molecule has 1 nitrogen and oxygen atoms in total. The van der Waals surface area contributed by atoms with Crippen LogP contribution in [-0.2, 0) is 10.8 Å². The van der Waals surface area contributed by atoms with E-state index in [9.17, 15) is 0 Å². The molecule has 21 rings (SSSR count). The summed E-state index contributed by atoms with van der Waals surface area (Å²) in [5.74, 6) is 0. The van der Waals surface area contributed by atoms with Crippen molar-refractivity contribution in [3.05, 3.63) is 374 Å². The van der Waals surface area contributed by atoms with E-state index in [1.807, 2.05) is 6.07 Å². The van der Waals surface area contributed by atoms with Crippen molar-refractivity contribution >= 4 is 86.6 Å². The van der Waals surface area contributed by atoms with Crippen LogP contribution in [0.5, 0.6) is 0 Å². The van der Waals surface area contributed by atoms with E-state index in [2.05, 4.69) is 373 Å². The van der Waals surface area contributed by atoms with E-state index in [-0.39, 0.29) is 10.8 Å². The molecule has 1 heterocycles. The summed E-state index contributed by atoms with van der Waals surface area (Å²) in [6.45, 7) is 9.56. The van der Waals surface area contributed by atoms with E-state index in [0.29, 0.717) is 0 Å². The van der Waals surface area contributed by atoms with Crippen molar-refractivity contribution in [2.75, 3.05) is 0 Å². The third-order valence-electron chi connectivity index (χ3n) is 22.9. The van der Waals surface area contributed by atoms with Gasteiger partial charge in [-0.15, -0.1) is 0 Å². The molecule has 0 unspecified atom stereocenters. The maximum atomic E-state index is 6.59. The number of rotatable bonds is 7. The number of hydrogen-bond donors (Lipinski definition) is 0. The zero-order valence-electron chi connectivity index (χ0n) is 57.9. The number of para-hydroxylation sites is 2. The molecule has 18 aromatic carbocycles. The molecule has 19 aromatic rings. The number of fused-ring (bicyclic) bond motifs is 17. The molecule has 0 atom stereocenters. The van der Waals surface area contributed by atoms with Gasteiger partial charge < -0.3 is 4.42 Å². The highest BCUT2D eigenvalue weighted by atomic mass is 16.3. The van der Waals surface area contributed by atoms with Crippen molar-refractivity contribution in [1.29, 1.82) is 0 Å². The van der Waals surface area contributed by atoms with Crippen LogP contribution in [0.15, 0.2) is 356 Å². The Hall–Kier alpha value is -12.7. The first-order valence-electron chi connectivity index (χ1n) is 36.1. The lowest BCUT2D eigenvalue weighted by Crippen LogP contribution is -2.16. The Kier molecular flexibility index (Phi) is 13.7. The Labute approximate surface area is 599 Å². The summed E-state index contributed by atoms with van der Waals surface area (Å²) in [6, 6.07) is 129. The number of hydrogen-bond acceptors (Lipinski definition) is 1. The highest BCUT2D eigenvalue weighted by molar-refractivity contribution is 6.25. The summed E-state index contributed by atoms with van der Waals surface area (Å²) in [5.41, 5.74) is 30.1. The van der Waals surface area contributed by atoms with Crippen LogP contribution in [0.1, 0.15) is 49.9 Å². The third-order valence-corrected chi connectivity index (χ3v) is 22.9. The lowest BCUT2D eigenvalue weighted by atomic mass is 9.78. The highest BCUT2D eigenvalue weighted by Crippen LogP contribution is 2.57. The molecule has 0 fully saturated rings. The van der Waals surface area contributed by atoms with Crippen molar-refractivity contribution in [3.63, 3.8) is 0 Å². The Morgan fingerprint density at radius 3 is 1.03 bits per heavy atom. The van der Waals surface area contributed by atoms with Gasteiger partial charge in [-0.3, -0.25) is 0 Å². The Morgan fingerprint density at radius 1 is 0.194 bits per heavy atom. The van der Waals surface area contributed by atoms with Gasteiger partial charge >= 0.3 is 0 Å². The van der Waals surface area contributed by atoms with Crippen molar-refractivity contribution in [1.82, 2.24) is 0 Å². The summed E-state index contributed by atoms with van der Waals surface area (Å²) in [7, 11) is 0. The summed E-state index contributed by atoms with van der Waals surface area (Å²) < 4.78 is 6.59. The van der Waals surface area contributed by atoms with E-state index in [0.717, 1.165) is 27.5 Å². The molecule has 0 aliphatic heterocycles. The minimum absolute atomic E-state index is 0.116. The minimum atomic E-state index is -0.127. The standard InChI is InChI=1S/C51H34O.C51H36/c1-51(2)44-30-29-31-13-3-4-14-34(31)48(44)42-22-11-20-35(49(42)51)32-25-27-33(28-26-32)46-37-16-5-7-18-39(37)47(40-19-8-6-17-38(40)46)43-23-12-21-41-36-15-9-10-24-45(36)52-50(41)43;1-51(2)46-31-30-35-16-6-7-19-39(35)49(46)45-25-13-24-40(50(45)51)37-17-12-18-38(32-37)48-43-22-10-8-20-41(43)47(42-21-9-11-23-44(42)48)36-28-26-34(27-29-36)33-14-4-3-5-15-33/h3-30H,1-2H3;3-32H,1-2H3. The molecule has 0 spiro atoms. The number of benzene rings is 18. The third kappa shape index (κ3) is 9.32. The highest BCUT2D eigenvalue weighted by Gasteiger charge is 2.40. The SMILES string of the molecule is CC1(C)c2ccc3ccccc3c2-c2cccc(-c3ccc(-c4c5ccccc5c(-c5cccc6c5oc5ccccc56)c5ccccc45)cc3)c21.CC1(C)c2ccc3ccccc3c2-c2cccc(-c3cccc(-c4c5ccccc5c(-c5ccc(-c6ccccc6)cc5)c5ccccc45)c3)c21. The summed E-state index contributed by atoms with van der Waals surface area (Å²) in [5, 5.41) is 17.5. The van der Waals surface area contributed by atoms with Gasteiger partial charge in [0.05, 0.1) is 0 Å².